The van der Waals surface area contributed by atoms with Crippen LogP contribution in [0.5, 0.6) is 0 Å². The van der Waals surface area contributed by atoms with Gasteiger partial charge in [0, 0.05) is 38.8 Å². The number of benzene rings is 1. The molecule has 0 radical (unpaired) electrons. The Labute approximate surface area is 154 Å². The summed E-state index contributed by atoms with van der Waals surface area (Å²) in [4.78, 5) is 16.9. The number of carbonyl (C=O) groups is 1. The quantitative estimate of drug-likeness (QED) is 0.794. The highest BCUT2D eigenvalue weighted by Crippen LogP contribution is 2.44. The largest absolute Gasteiger partial charge is 0.333 e. The maximum atomic E-state index is 13.9. The summed E-state index contributed by atoms with van der Waals surface area (Å²) in [5.41, 5.74) is -1.97. The van der Waals surface area contributed by atoms with E-state index in [1.807, 2.05) is 0 Å². The standard InChI is InChI=1S/C20H26N2O/c1-13-5-6-15-3-2-4-16-19(15)17(13)11-22(20(16)23)18-12-21-9-7-14(18)8-10-21/h2-4,13-14,17-18H,5-12H2,1H3/t13?,17-,18+/m0/s1/i2D,3D,4D,5D2,6D2,11D2,13D,17D. The summed E-state index contributed by atoms with van der Waals surface area (Å²) < 4.78 is 95.8. The molecule has 23 heavy (non-hydrogen) atoms. The van der Waals surface area contributed by atoms with E-state index in [0.29, 0.717) is 19.4 Å². The van der Waals surface area contributed by atoms with Gasteiger partial charge in [-0.15, -0.1) is 0 Å². The van der Waals surface area contributed by atoms with Crippen LogP contribution in [0.4, 0.5) is 0 Å². The number of hydrogen-bond acceptors (Lipinski definition) is 2. The Balaban J connectivity index is 1.91. The van der Waals surface area contributed by atoms with E-state index in [4.69, 9.17) is 13.7 Å². The van der Waals surface area contributed by atoms with Crippen molar-refractivity contribution in [3.05, 3.63) is 34.8 Å². The average molecular weight is 322 g/mol. The molecule has 0 N–H and O–H groups in total. The third kappa shape index (κ3) is 2.02. The van der Waals surface area contributed by atoms with Crippen LogP contribution in [-0.2, 0) is 6.37 Å². The Bertz CT molecular complexity index is 1110. The van der Waals surface area contributed by atoms with Crippen molar-refractivity contribution in [2.45, 2.75) is 44.4 Å². The van der Waals surface area contributed by atoms with Crippen molar-refractivity contribution in [2.75, 3.05) is 26.1 Å². The van der Waals surface area contributed by atoms with Crippen LogP contribution in [0.3, 0.4) is 0 Å². The molecular weight excluding hydrogens is 284 g/mol. The van der Waals surface area contributed by atoms with Gasteiger partial charge in [-0.25, -0.2) is 0 Å². The molecule has 5 aliphatic rings. The van der Waals surface area contributed by atoms with Crippen molar-refractivity contribution in [3.8, 4) is 0 Å². The maximum Gasteiger partial charge on any atom is 0.254 e. The molecule has 3 nitrogen and oxygen atoms in total. The molecule has 1 aliphatic carbocycles. The first kappa shape index (κ1) is 6.87. The van der Waals surface area contributed by atoms with Gasteiger partial charge in [-0.3, -0.25) is 4.79 Å². The van der Waals surface area contributed by atoms with Crippen LogP contribution in [-0.4, -0.2) is 47.9 Å². The molecule has 4 heterocycles. The van der Waals surface area contributed by atoms with Gasteiger partial charge >= 0.3 is 0 Å². The molecule has 0 saturated carbocycles. The molecule has 122 valence electrons. The lowest BCUT2D eigenvalue weighted by atomic mass is 9.71. The van der Waals surface area contributed by atoms with Crippen molar-refractivity contribution in [1.82, 2.24) is 9.80 Å². The first-order chi connectivity index (χ1) is 15.5. The molecular formula is C20H26N2O. The minimum absolute atomic E-state index is 0.0717. The summed E-state index contributed by atoms with van der Waals surface area (Å²) in [6, 6.07) is -3.03. The molecule has 1 unspecified atom stereocenters. The topological polar surface area (TPSA) is 23.6 Å². The summed E-state index contributed by atoms with van der Waals surface area (Å²) in [5, 5.41) is 0. The van der Waals surface area contributed by atoms with Gasteiger partial charge in [-0.1, -0.05) is 19.0 Å². The highest BCUT2D eigenvalue weighted by molar-refractivity contribution is 5.98. The number of rotatable bonds is 1. The number of hydrogen-bond donors (Lipinski definition) is 0. The number of amides is 1. The third-order valence-corrected chi connectivity index (χ3v) is 5.49. The molecule has 3 saturated heterocycles. The van der Waals surface area contributed by atoms with Crippen LogP contribution in [0.25, 0.3) is 0 Å². The highest BCUT2D eigenvalue weighted by atomic mass is 16.2. The van der Waals surface area contributed by atoms with Crippen molar-refractivity contribution < 1.29 is 19.9 Å². The Morgan fingerprint density at radius 2 is 2.17 bits per heavy atom. The smallest absolute Gasteiger partial charge is 0.254 e. The number of fused-ring (bicyclic) bond motifs is 3. The van der Waals surface area contributed by atoms with Crippen molar-refractivity contribution in [2.24, 2.45) is 11.8 Å². The van der Waals surface area contributed by atoms with E-state index in [9.17, 15) is 6.17 Å². The molecule has 2 bridgehead atoms. The minimum atomic E-state index is -3.16. The van der Waals surface area contributed by atoms with Crippen LogP contribution in [0, 0.1) is 11.8 Å². The number of nitrogens with zero attached hydrogens (tertiary/aromatic N) is 2. The average Bonchev–Trinajstić information content (AvgIpc) is 2.75. The molecule has 0 aromatic heterocycles. The SMILES string of the molecule is [2H]c1c([2H])c2c3c(c1[2H])C([2H])([2H])C([2H])([2H])C([2H])(C)[C@]3([2H])C([2H])([2H])N([C@@H]1CN3CCC1CC3)C2=O. The van der Waals surface area contributed by atoms with E-state index in [2.05, 4.69) is 4.90 Å². The lowest BCUT2D eigenvalue weighted by Crippen LogP contribution is -2.60. The van der Waals surface area contributed by atoms with Crippen LogP contribution in [0.1, 0.15) is 68.6 Å². The number of carbonyl (C=O) groups excluding carboxylic acids is 1. The Hall–Kier alpha value is -1.35. The second-order valence-electron chi connectivity index (χ2n) is 6.74. The summed E-state index contributed by atoms with van der Waals surface area (Å²) in [5.74, 6) is -6.66. The maximum absolute atomic E-state index is 13.9. The zero-order valence-electron chi connectivity index (χ0n) is 24.0. The fraction of sp³-hybridized carbons (Fsp3) is 0.650. The van der Waals surface area contributed by atoms with Crippen molar-refractivity contribution in [3.63, 3.8) is 0 Å². The molecule has 1 aromatic carbocycles. The van der Waals surface area contributed by atoms with Gasteiger partial charge in [-0.05, 0) is 67.7 Å². The van der Waals surface area contributed by atoms with E-state index >= 15 is 0 Å². The lowest BCUT2D eigenvalue weighted by Gasteiger charge is -2.52. The molecule has 1 amide bonds. The Morgan fingerprint density at radius 1 is 1.35 bits per heavy atom. The van der Waals surface area contributed by atoms with E-state index < -0.39 is 77.8 Å². The van der Waals surface area contributed by atoms with Crippen LogP contribution < -0.4 is 0 Å². The van der Waals surface area contributed by atoms with Crippen molar-refractivity contribution in [1.29, 1.82) is 0 Å². The molecule has 4 aliphatic heterocycles. The van der Waals surface area contributed by atoms with Crippen LogP contribution >= 0.6 is 0 Å². The lowest BCUT2D eigenvalue weighted by molar-refractivity contribution is 0.000704. The van der Waals surface area contributed by atoms with Gasteiger partial charge < -0.3 is 9.80 Å². The van der Waals surface area contributed by atoms with Gasteiger partial charge in [0.15, 0.2) is 0 Å². The van der Waals surface area contributed by atoms with Crippen LogP contribution in [0.15, 0.2) is 18.1 Å². The summed E-state index contributed by atoms with van der Waals surface area (Å²) in [7, 11) is 0. The summed E-state index contributed by atoms with van der Waals surface area (Å²) in [6.45, 7) is -0.0674. The summed E-state index contributed by atoms with van der Waals surface area (Å²) >= 11 is 0. The first-order valence-electron chi connectivity index (χ1n) is 13.7. The highest BCUT2D eigenvalue weighted by Gasteiger charge is 2.44. The van der Waals surface area contributed by atoms with E-state index in [0.717, 1.165) is 24.9 Å². The predicted molar refractivity (Wildman–Crippen MR) is 90.7 cm³/mol. The molecule has 3 fully saturated rings. The van der Waals surface area contributed by atoms with Gasteiger partial charge in [0.2, 0.25) is 0 Å². The molecule has 1 aromatic rings. The first-order valence-corrected chi connectivity index (χ1v) is 8.17. The minimum Gasteiger partial charge on any atom is -0.333 e. The second kappa shape index (κ2) is 5.07. The second-order valence-corrected chi connectivity index (χ2v) is 6.74. The Kier molecular flexibility index (Phi) is 1.52. The van der Waals surface area contributed by atoms with Gasteiger partial charge in [-0.2, -0.15) is 0 Å². The fourth-order valence-electron chi connectivity index (χ4n) is 4.21. The van der Waals surface area contributed by atoms with E-state index in [-0.39, 0.29) is 5.92 Å². The van der Waals surface area contributed by atoms with E-state index in [1.54, 1.807) is 0 Å². The zero-order chi connectivity index (χ0) is 25.4. The van der Waals surface area contributed by atoms with Crippen molar-refractivity contribution >= 4 is 5.91 Å². The Morgan fingerprint density at radius 3 is 2.91 bits per heavy atom. The molecule has 0 spiro atoms. The summed E-state index contributed by atoms with van der Waals surface area (Å²) in [6.07, 6.45) is -4.82. The molecule has 3 heteroatoms. The van der Waals surface area contributed by atoms with Gasteiger partial charge in [0.25, 0.3) is 5.91 Å². The fourth-order valence-corrected chi connectivity index (χ4v) is 4.21. The third-order valence-electron chi connectivity index (χ3n) is 5.49. The monoisotopic (exact) mass is 321 g/mol. The predicted octanol–water partition coefficient (Wildman–Crippen LogP) is 2.90. The molecule has 6 rings (SSSR count). The number of piperidine rings is 3. The van der Waals surface area contributed by atoms with Gasteiger partial charge in [0.1, 0.15) is 0 Å². The van der Waals surface area contributed by atoms with Crippen LogP contribution in [0.2, 0.25) is 0 Å². The molecule has 3 atom stereocenters. The van der Waals surface area contributed by atoms with E-state index in [1.165, 1.54) is 0 Å². The van der Waals surface area contributed by atoms with Gasteiger partial charge in [0.05, 0.1) is 6.85 Å². The normalized spacial score (nSPS) is 58.5. The zero-order valence-corrected chi connectivity index (χ0v) is 13.0.